The second-order valence-electron chi connectivity index (χ2n) is 14.5. The van der Waals surface area contributed by atoms with E-state index in [1.807, 2.05) is 60.7 Å². The van der Waals surface area contributed by atoms with Crippen molar-refractivity contribution in [3.05, 3.63) is 83.4 Å². The molecule has 0 saturated heterocycles. The van der Waals surface area contributed by atoms with Gasteiger partial charge in [-0.25, -0.2) is 0 Å². The lowest BCUT2D eigenvalue weighted by atomic mass is 9.80. The second-order valence-corrected chi connectivity index (χ2v) is 14.5. The zero-order valence-electron chi connectivity index (χ0n) is 28.9. The maximum absolute atomic E-state index is 12.3. The molecule has 0 radical (unpaired) electrons. The van der Waals surface area contributed by atoms with Gasteiger partial charge in [0, 0.05) is 38.2 Å². The Morgan fingerprint density at radius 1 is 0.357 bits per heavy atom. The lowest BCUT2D eigenvalue weighted by Gasteiger charge is -2.25. The van der Waals surface area contributed by atoms with Gasteiger partial charge in [-0.3, -0.25) is 0 Å². The number of rotatable bonds is 3. The average Bonchev–Trinajstić information content (AvgIpc) is 3.96. The Labute approximate surface area is 314 Å². The number of fused-ring (bicyclic) bond motifs is 9. The van der Waals surface area contributed by atoms with Gasteiger partial charge in [-0.1, -0.05) is 60.7 Å². The highest BCUT2D eigenvalue weighted by atomic mass is 16.4. The molecule has 2 aliphatic carbocycles. The van der Waals surface area contributed by atoms with Crippen LogP contribution >= 0.6 is 0 Å². The molecular formula is C44H30O12. The summed E-state index contributed by atoms with van der Waals surface area (Å²) in [7, 11) is 0. The van der Waals surface area contributed by atoms with Gasteiger partial charge in [-0.05, 0) is 80.6 Å². The molecule has 12 N–H and O–H groups in total. The molecule has 10 rings (SSSR count). The van der Waals surface area contributed by atoms with Crippen molar-refractivity contribution in [3.63, 3.8) is 0 Å². The SMILES string of the molecule is Oc1c(O)c(O)c(-c2c3c(O)c(O)c(O)c(O)c3c(-c3cc4ccccc4c4c3Cc3c-4ccc4ccccc34)c3c(O)c(O)c(C4CC4)c(O)c23)c(O)c1O. The molecule has 0 atom stereocenters. The smallest absolute Gasteiger partial charge is 0.208 e. The van der Waals surface area contributed by atoms with Gasteiger partial charge in [0.1, 0.15) is 5.75 Å². The molecule has 0 bridgehead atoms. The van der Waals surface area contributed by atoms with Crippen LogP contribution in [0.1, 0.15) is 35.4 Å². The molecule has 12 heteroatoms. The van der Waals surface area contributed by atoms with Crippen LogP contribution in [0.4, 0.5) is 0 Å². The van der Waals surface area contributed by atoms with Crippen molar-refractivity contribution in [2.24, 2.45) is 0 Å². The molecule has 8 aromatic rings. The van der Waals surface area contributed by atoms with Gasteiger partial charge in [0.25, 0.3) is 0 Å². The van der Waals surface area contributed by atoms with Crippen molar-refractivity contribution in [1.82, 2.24) is 0 Å². The maximum Gasteiger partial charge on any atom is 0.208 e. The maximum atomic E-state index is 12.3. The standard InChI is InChI=1S/C44H30O12/c45-33-24(16-9-10-16)34(46)35(47)28-26(22-13-17-6-2-4-8-19(17)25-20-12-11-15-5-1-3-7-18(15)21(20)14-23(22)25)29-31(37(49)41(53)40(52)36(29)48)27(30(28)33)32-38(50)42(54)44(56)43(55)39(32)51/h1-8,11-13,16,45-56H,9-10,14H2. The molecule has 1 saturated carbocycles. The van der Waals surface area contributed by atoms with Crippen LogP contribution in [0.3, 0.4) is 0 Å². The number of benzene rings is 8. The van der Waals surface area contributed by atoms with E-state index in [9.17, 15) is 61.3 Å². The van der Waals surface area contributed by atoms with E-state index in [1.54, 1.807) is 6.07 Å². The molecule has 8 aromatic carbocycles. The lowest BCUT2D eigenvalue weighted by molar-refractivity contribution is 0.330. The number of hydrogen-bond acceptors (Lipinski definition) is 12. The topological polar surface area (TPSA) is 243 Å². The summed E-state index contributed by atoms with van der Waals surface area (Å²) in [5, 5.41) is 138. The fourth-order valence-electron chi connectivity index (χ4n) is 8.89. The fourth-order valence-corrected chi connectivity index (χ4v) is 8.89. The monoisotopic (exact) mass is 750 g/mol. The summed E-state index contributed by atoms with van der Waals surface area (Å²) in [6, 6.07) is 21.1. The van der Waals surface area contributed by atoms with Crippen LogP contribution in [0.2, 0.25) is 0 Å². The summed E-state index contributed by atoms with van der Waals surface area (Å²) in [6.45, 7) is 0. The first-order valence-corrected chi connectivity index (χ1v) is 17.6. The van der Waals surface area contributed by atoms with Crippen LogP contribution in [-0.2, 0) is 6.42 Å². The molecular weight excluding hydrogens is 720 g/mol. The minimum Gasteiger partial charge on any atom is -0.507 e. The van der Waals surface area contributed by atoms with Gasteiger partial charge < -0.3 is 61.3 Å². The van der Waals surface area contributed by atoms with Crippen LogP contribution in [0, 0.1) is 0 Å². The van der Waals surface area contributed by atoms with Crippen LogP contribution in [0.5, 0.6) is 69.0 Å². The molecule has 0 aliphatic heterocycles. The van der Waals surface area contributed by atoms with Crippen molar-refractivity contribution < 1.29 is 61.3 Å². The highest BCUT2D eigenvalue weighted by Crippen LogP contribution is 2.66. The molecule has 0 aromatic heterocycles. The van der Waals surface area contributed by atoms with Gasteiger partial charge >= 0.3 is 0 Å². The minimum atomic E-state index is -1.32. The van der Waals surface area contributed by atoms with E-state index >= 15 is 0 Å². The second kappa shape index (κ2) is 11.0. The predicted molar refractivity (Wildman–Crippen MR) is 208 cm³/mol. The van der Waals surface area contributed by atoms with E-state index in [4.69, 9.17) is 0 Å². The summed E-state index contributed by atoms with van der Waals surface area (Å²) in [5.74, 6) is -13.8. The predicted octanol–water partition coefficient (Wildman–Crippen LogP) is 8.55. The van der Waals surface area contributed by atoms with E-state index in [2.05, 4.69) is 0 Å². The first kappa shape index (κ1) is 33.0. The van der Waals surface area contributed by atoms with Gasteiger partial charge in [0.05, 0.1) is 5.56 Å². The molecule has 0 spiro atoms. The molecule has 0 unspecified atom stereocenters. The summed E-state index contributed by atoms with van der Waals surface area (Å²) >= 11 is 0. The summed E-state index contributed by atoms with van der Waals surface area (Å²) in [5.41, 5.74) is 1.77. The highest BCUT2D eigenvalue weighted by molar-refractivity contribution is 6.30. The first-order valence-electron chi connectivity index (χ1n) is 17.6. The Morgan fingerprint density at radius 2 is 0.857 bits per heavy atom. The largest absolute Gasteiger partial charge is 0.507 e. The van der Waals surface area contributed by atoms with Crippen molar-refractivity contribution in [2.45, 2.75) is 25.2 Å². The molecule has 2 aliphatic rings. The zero-order chi connectivity index (χ0) is 39.2. The number of phenolic OH excluding ortho intramolecular Hbond substituents is 12. The zero-order valence-corrected chi connectivity index (χ0v) is 28.9. The van der Waals surface area contributed by atoms with Crippen molar-refractivity contribution in [1.29, 1.82) is 0 Å². The Bertz CT molecular complexity index is 3120. The quantitative estimate of drug-likeness (QED) is 0.0462. The van der Waals surface area contributed by atoms with E-state index in [0.717, 1.165) is 32.8 Å². The highest BCUT2D eigenvalue weighted by Gasteiger charge is 2.40. The Kier molecular flexibility index (Phi) is 6.47. The van der Waals surface area contributed by atoms with Crippen LogP contribution in [0.15, 0.2) is 66.7 Å². The fraction of sp³-hybridized carbons (Fsp3) is 0.0909. The van der Waals surface area contributed by atoms with Crippen LogP contribution < -0.4 is 0 Å². The number of hydrogen-bond donors (Lipinski definition) is 12. The summed E-state index contributed by atoms with van der Waals surface area (Å²) in [4.78, 5) is 0. The number of phenols is 12. The van der Waals surface area contributed by atoms with Gasteiger partial charge in [0.15, 0.2) is 34.5 Å². The van der Waals surface area contributed by atoms with E-state index < -0.39 is 108 Å². The van der Waals surface area contributed by atoms with E-state index in [0.29, 0.717) is 35.8 Å². The number of aromatic hydroxyl groups is 12. The Hall–Kier alpha value is -7.60. The van der Waals surface area contributed by atoms with Gasteiger partial charge in [-0.2, -0.15) is 0 Å². The van der Waals surface area contributed by atoms with Crippen molar-refractivity contribution >= 4 is 43.1 Å². The molecule has 12 nitrogen and oxygen atoms in total. The van der Waals surface area contributed by atoms with Crippen molar-refractivity contribution in [3.8, 4) is 102 Å². The minimum absolute atomic E-state index is 0.123. The Balaban J connectivity index is 1.50. The third-order valence-corrected chi connectivity index (χ3v) is 11.6. The summed E-state index contributed by atoms with van der Waals surface area (Å²) in [6.07, 6.45) is 1.28. The van der Waals surface area contributed by atoms with Gasteiger partial charge in [0.2, 0.25) is 28.7 Å². The van der Waals surface area contributed by atoms with E-state index in [-0.39, 0.29) is 11.1 Å². The summed E-state index contributed by atoms with van der Waals surface area (Å²) < 4.78 is 0. The van der Waals surface area contributed by atoms with Gasteiger partial charge in [-0.15, -0.1) is 0 Å². The molecule has 0 heterocycles. The molecule has 56 heavy (non-hydrogen) atoms. The first-order chi connectivity index (χ1) is 26.8. The molecule has 0 amide bonds. The normalized spacial score (nSPS) is 13.6. The van der Waals surface area contributed by atoms with Crippen molar-refractivity contribution in [2.75, 3.05) is 0 Å². The third kappa shape index (κ3) is 4.01. The molecule has 278 valence electrons. The third-order valence-electron chi connectivity index (χ3n) is 11.6. The van der Waals surface area contributed by atoms with E-state index in [1.165, 1.54) is 0 Å². The Morgan fingerprint density at radius 3 is 1.48 bits per heavy atom. The average molecular weight is 751 g/mol. The molecule has 1 fully saturated rings. The lowest BCUT2D eigenvalue weighted by Crippen LogP contribution is -1.99. The van der Waals surface area contributed by atoms with Crippen LogP contribution in [-0.4, -0.2) is 61.3 Å². The van der Waals surface area contributed by atoms with Crippen LogP contribution in [0.25, 0.3) is 76.5 Å².